The normalized spacial score (nSPS) is 19.8. The van der Waals surface area contributed by atoms with Crippen LogP contribution in [0.1, 0.15) is 30.6 Å². The number of methoxy groups -OCH3 is 1. The van der Waals surface area contributed by atoms with Gasteiger partial charge in [0.1, 0.15) is 5.41 Å². The second-order valence-corrected chi connectivity index (χ2v) is 8.22. The molecule has 26 heavy (non-hydrogen) atoms. The Kier molecular flexibility index (Phi) is 6.25. The van der Waals surface area contributed by atoms with E-state index >= 15 is 0 Å². The largest absolute Gasteiger partial charge is 0.481 e. The molecule has 0 radical (unpaired) electrons. The van der Waals surface area contributed by atoms with Gasteiger partial charge in [-0.1, -0.05) is 13.8 Å². The summed E-state index contributed by atoms with van der Waals surface area (Å²) in [7, 11) is 1.42. The molecule has 8 nitrogen and oxygen atoms in total. The second kappa shape index (κ2) is 8.05. The van der Waals surface area contributed by atoms with Crippen LogP contribution in [0.2, 0.25) is 0 Å². The molecule has 142 valence electrons. The van der Waals surface area contributed by atoms with Crippen molar-refractivity contribution >= 4 is 29.3 Å². The van der Waals surface area contributed by atoms with Gasteiger partial charge in [-0.25, -0.2) is 0 Å². The molecule has 0 saturated carbocycles. The van der Waals surface area contributed by atoms with Crippen molar-refractivity contribution in [2.45, 2.75) is 30.4 Å². The predicted molar refractivity (Wildman–Crippen MR) is 96.6 cm³/mol. The number of hydrogen-bond acceptors (Lipinski definition) is 6. The highest BCUT2D eigenvalue weighted by Gasteiger charge is 2.46. The lowest BCUT2D eigenvalue weighted by molar-refractivity contribution is -0.384. The van der Waals surface area contributed by atoms with Gasteiger partial charge in [-0.15, -0.1) is 11.8 Å². The van der Waals surface area contributed by atoms with Crippen molar-refractivity contribution in [3.63, 3.8) is 0 Å². The summed E-state index contributed by atoms with van der Waals surface area (Å²) >= 11 is 1.44. The topological polar surface area (TPSA) is 110 Å². The van der Waals surface area contributed by atoms with Crippen LogP contribution in [0.4, 0.5) is 5.69 Å². The third-order valence-electron chi connectivity index (χ3n) is 4.28. The van der Waals surface area contributed by atoms with Gasteiger partial charge >= 0.3 is 5.97 Å². The highest BCUT2D eigenvalue weighted by atomic mass is 32.2. The van der Waals surface area contributed by atoms with Crippen molar-refractivity contribution in [2.75, 3.05) is 26.8 Å². The monoisotopic (exact) mass is 382 g/mol. The second-order valence-electron chi connectivity index (χ2n) is 6.60. The number of carbonyl (C=O) groups excluding carboxylic acids is 1. The summed E-state index contributed by atoms with van der Waals surface area (Å²) < 4.78 is 5.04. The Morgan fingerprint density at radius 2 is 2.15 bits per heavy atom. The van der Waals surface area contributed by atoms with Gasteiger partial charge in [0.25, 0.3) is 11.6 Å². The standard InChI is InChI=1S/C17H22N2O6S/c1-11(2)26-14-5-4-12(19(23)24)8-13(14)15(20)18-7-6-17(9-18,10-25-3)16(21)22/h4-5,8,11H,6-7,9-10H2,1-3H3,(H,21,22). The lowest BCUT2D eigenvalue weighted by Crippen LogP contribution is -2.40. The van der Waals surface area contributed by atoms with E-state index < -0.39 is 22.2 Å². The van der Waals surface area contributed by atoms with E-state index in [0.717, 1.165) is 0 Å². The molecule has 1 aliphatic heterocycles. The number of carboxylic acid groups (broad SMARTS) is 1. The fourth-order valence-corrected chi connectivity index (χ4v) is 3.93. The maximum absolute atomic E-state index is 13.0. The minimum atomic E-state index is -1.14. The molecule has 0 aliphatic carbocycles. The van der Waals surface area contributed by atoms with Crippen LogP contribution in [0.5, 0.6) is 0 Å². The van der Waals surface area contributed by atoms with E-state index in [1.165, 1.54) is 35.9 Å². The summed E-state index contributed by atoms with van der Waals surface area (Å²) in [6.07, 6.45) is 0.281. The Morgan fingerprint density at radius 1 is 1.46 bits per heavy atom. The molecule has 0 aromatic heterocycles. The molecule has 1 unspecified atom stereocenters. The molecule has 2 rings (SSSR count). The van der Waals surface area contributed by atoms with Crippen molar-refractivity contribution in [1.82, 2.24) is 4.90 Å². The quantitative estimate of drug-likeness (QED) is 0.438. The van der Waals surface area contributed by atoms with Crippen LogP contribution in [0.25, 0.3) is 0 Å². The molecule has 1 N–H and O–H groups in total. The van der Waals surface area contributed by atoms with E-state index in [-0.39, 0.29) is 42.6 Å². The van der Waals surface area contributed by atoms with E-state index in [2.05, 4.69) is 0 Å². The van der Waals surface area contributed by atoms with Crippen molar-refractivity contribution < 1.29 is 24.4 Å². The van der Waals surface area contributed by atoms with Gasteiger partial charge in [-0.3, -0.25) is 19.7 Å². The third-order valence-corrected chi connectivity index (χ3v) is 5.36. The fourth-order valence-electron chi connectivity index (χ4n) is 3.00. The minimum absolute atomic E-state index is 0.00858. The fraction of sp³-hybridized carbons (Fsp3) is 0.529. The van der Waals surface area contributed by atoms with E-state index in [1.54, 1.807) is 6.07 Å². The third kappa shape index (κ3) is 4.16. The number of carboxylic acids is 1. The SMILES string of the molecule is COCC1(C(=O)O)CCN(C(=O)c2cc([N+](=O)[O-])ccc2SC(C)C)C1. The summed E-state index contributed by atoms with van der Waals surface area (Å²) in [5, 5.41) is 20.8. The molecule has 1 aliphatic rings. The molecular formula is C17H22N2O6S. The molecule has 1 aromatic carbocycles. The van der Waals surface area contributed by atoms with Crippen LogP contribution in [0.15, 0.2) is 23.1 Å². The van der Waals surface area contributed by atoms with Crippen molar-refractivity contribution in [2.24, 2.45) is 5.41 Å². The smallest absolute Gasteiger partial charge is 0.313 e. The summed E-state index contributed by atoms with van der Waals surface area (Å²) in [5.41, 5.74) is -1.07. The number of likely N-dealkylation sites (tertiary alicyclic amines) is 1. The first-order valence-corrected chi connectivity index (χ1v) is 9.05. The Bertz CT molecular complexity index is 723. The molecule has 1 aromatic rings. The number of nitro groups is 1. The Labute approximate surface area is 155 Å². The van der Waals surface area contributed by atoms with Gasteiger partial charge in [0, 0.05) is 42.5 Å². The first-order chi connectivity index (χ1) is 12.2. The summed E-state index contributed by atoms with van der Waals surface area (Å²) in [6, 6.07) is 4.22. The molecule has 1 saturated heterocycles. The Morgan fingerprint density at radius 3 is 2.69 bits per heavy atom. The average molecular weight is 382 g/mol. The molecule has 0 bridgehead atoms. The maximum atomic E-state index is 13.0. The number of aliphatic carboxylic acids is 1. The van der Waals surface area contributed by atoms with Crippen LogP contribution < -0.4 is 0 Å². The zero-order valence-electron chi connectivity index (χ0n) is 14.9. The maximum Gasteiger partial charge on any atom is 0.313 e. The number of benzene rings is 1. The molecule has 1 amide bonds. The van der Waals surface area contributed by atoms with Crippen LogP contribution in [0.3, 0.4) is 0 Å². The highest BCUT2D eigenvalue weighted by Crippen LogP contribution is 2.35. The minimum Gasteiger partial charge on any atom is -0.481 e. The molecular weight excluding hydrogens is 360 g/mol. The number of nitrogens with zero attached hydrogens (tertiary/aromatic N) is 2. The number of thioether (sulfide) groups is 1. The number of amides is 1. The Balaban J connectivity index is 2.35. The molecule has 0 spiro atoms. The van der Waals surface area contributed by atoms with Crippen LogP contribution >= 0.6 is 11.8 Å². The van der Waals surface area contributed by atoms with Gasteiger partial charge < -0.3 is 14.7 Å². The van der Waals surface area contributed by atoms with Gasteiger partial charge in [-0.05, 0) is 12.5 Å². The van der Waals surface area contributed by atoms with Gasteiger partial charge in [0.15, 0.2) is 0 Å². The molecule has 1 fully saturated rings. The molecule has 9 heteroatoms. The summed E-state index contributed by atoms with van der Waals surface area (Å²) in [5.74, 6) is -1.40. The lowest BCUT2D eigenvalue weighted by atomic mass is 9.88. The lowest BCUT2D eigenvalue weighted by Gasteiger charge is -2.24. The number of carbonyl (C=O) groups is 2. The van der Waals surface area contributed by atoms with E-state index in [0.29, 0.717) is 4.90 Å². The van der Waals surface area contributed by atoms with Crippen molar-refractivity contribution in [3.8, 4) is 0 Å². The van der Waals surface area contributed by atoms with Gasteiger partial charge in [0.2, 0.25) is 0 Å². The number of hydrogen-bond donors (Lipinski definition) is 1. The summed E-state index contributed by atoms with van der Waals surface area (Å²) in [4.78, 5) is 37.3. The van der Waals surface area contributed by atoms with Gasteiger partial charge in [0.05, 0.1) is 17.1 Å². The van der Waals surface area contributed by atoms with E-state index in [9.17, 15) is 24.8 Å². The van der Waals surface area contributed by atoms with Crippen molar-refractivity contribution in [1.29, 1.82) is 0 Å². The Hall–Kier alpha value is -2.13. The van der Waals surface area contributed by atoms with Crippen LogP contribution in [-0.4, -0.2) is 58.9 Å². The molecule has 1 heterocycles. The van der Waals surface area contributed by atoms with E-state index in [1.807, 2.05) is 13.8 Å². The zero-order chi connectivity index (χ0) is 19.5. The first kappa shape index (κ1) is 20.2. The number of ether oxygens (including phenoxy) is 1. The van der Waals surface area contributed by atoms with Crippen molar-refractivity contribution in [3.05, 3.63) is 33.9 Å². The van der Waals surface area contributed by atoms with Crippen LogP contribution in [-0.2, 0) is 9.53 Å². The average Bonchev–Trinajstić information content (AvgIpc) is 3.00. The van der Waals surface area contributed by atoms with E-state index in [4.69, 9.17) is 4.74 Å². The predicted octanol–water partition coefficient (Wildman–Crippen LogP) is 2.66. The molecule has 1 atom stereocenters. The van der Waals surface area contributed by atoms with Crippen LogP contribution in [0, 0.1) is 15.5 Å². The number of nitro benzene ring substituents is 1. The van der Waals surface area contributed by atoms with Gasteiger partial charge in [-0.2, -0.15) is 0 Å². The number of non-ortho nitro benzene ring substituents is 1. The highest BCUT2D eigenvalue weighted by molar-refractivity contribution is 8.00. The zero-order valence-corrected chi connectivity index (χ0v) is 15.7. The first-order valence-electron chi connectivity index (χ1n) is 8.17. The number of rotatable bonds is 7. The summed E-state index contributed by atoms with van der Waals surface area (Å²) in [6.45, 7) is 4.22.